The number of hydrogen-bond donors (Lipinski definition) is 1. The van der Waals surface area contributed by atoms with Gasteiger partial charge in [0.05, 0.1) is 13.3 Å². The number of carbonyl (C=O) groups is 1. The van der Waals surface area contributed by atoms with Crippen LogP contribution < -0.4 is 19.6 Å². The molecule has 33 heavy (non-hydrogen) atoms. The molecule has 0 unspecified atom stereocenters. The van der Waals surface area contributed by atoms with Gasteiger partial charge in [0.2, 0.25) is 0 Å². The molecule has 1 N–H and O–H groups in total. The summed E-state index contributed by atoms with van der Waals surface area (Å²) in [7, 11) is 1.61. The fraction of sp³-hybridized carbons (Fsp3) is 0.231. The molecule has 172 valence electrons. The SMILES string of the molecule is COc1ccc(/C=N\NC(=O)C(C)(C)Oc2ccc(Cl)cc2)cc1COc1ccccc1C. The van der Waals surface area contributed by atoms with E-state index in [-0.39, 0.29) is 5.91 Å². The van der Waals surface area contributed by atoms with E-state index in [1.54, 1.807) is 51.4 Å². The van der Waals surface area contributed by atoms with E-state index >= 15 is 0 Å². The first-order valence-corrected chi connectivity index (χ1v) is 10.8. The molecule has 0 atom stereocenters. The van der Waals surface area contributed by atoms with Gasteiger partial charge < -0.3 is 14.2 Å². The number of methoxy groups -OCH3 is 1. The van der Waals surface area contributed by atoms with E-state index in [0.29, 0.717) is 23.1 Å². The lowest BCUT2D eigenvalue weighted by molar-refractivity contribution is -0.134. The van der Waals surface area contributed by atoms with Gasteiger partial charge in [-0.05, 0) is 80.4 Å². The van der Waals surface area contributed by atoms with Crippen molar-refractivity contribution in [3.63, 3.8) is 0 Å². The number of nitrogens with one attached hydrogen (secondary N) is 1. The molecule has 0 heterocycles. The van der Waals surface area contributed by atoms with E-state index in [1.165, 1.54) is 0 Å². The van der Waals surface area contributed by atoms with Gasteiger partial charge in [-0.15, -0.1) is 0 Å². The van der Waals surface area contributed by atoms with Crippen LogP contribution >= 0.6 is 11.6 Å². The Labute approximate surface area is 199 Å². The van der Waals surface area contributed by atoms with E-state index in [2.05, 4.69) is 10.5 Å². The zero-order valence-corrected chi connectivity index (χ0v) is 19.8. The van der Waals surface area contributed by atoms with Crippen LogP contribution in [0.2, 0.25) is 5.02 Å². The third-order valence-electron chi connectivity index (χ3n) is 4.89. The van der Waals surface area contributed by atoms with E-state index < -0.39 is 5.60 Å². The predicted molar refractivity (Wildman–Crippen MR) is 130 cm³/mol. The lowest BCUT2D eigenvalue weighted by Crippen LogP contribution is -2.44. The Balaban J connectivity index is 1.64. The Hall–Kier alpha value is -3.51. The summed E-state index contributed by atoms with van der Waals surface area (Å²) in [4.78, 5) is 12.6. The van der Waals surface area contributed by atoms with Crippen LogP contribution in [0.4, 0.5) is 0 Å². The van der Waals surface area contributed by atoms with Gasteiger partial charge in [0.1, 0.15) is 23.9 Å². The Morgan fingerprint density at radius 1 is 1.06 bits per heavy atom. The van der Waals surface area contributed by atoms with Crippen molar-refractivity contribution in [1.29, 1.82) is 0 Å². The maximum atomic E-state index is 12.6. The first-order chi connectivity index (χ1) is 15.8. The van der Waals surface area contributed by atoms with Gasteiger partial charge in [0, 0.05) is 10.6 Å². The highest BCUT2D eigenvalue weighted by Gasteiger charge is 2.29. The lowest BCUT2D eigenvalue weighted by atomic mass is 10.1. The van der Waals surface area contributed by atoms with Crippen LogP contribution in [0.1, 0.15) is 30.5 Å². The molecule has 0 aliphatic rings. The number of aryl methyl sites for hydroxylation is 1. The minimum Gasteiger partial charge on any atom is -0.496 e. The fourth-order valence-electron chi connectivity index (χ4n) is 3.01. The van der Waals surface area contributed by atoms with E-state index in [4.69, 9.17) is 25.8 Å². The van der Waals surface area contributed by atoms with Crippen LogP contribution in [0.3, 0.4) is 0 Å². The molecule has 0 bridgehead atoms. The molecule has 7 heteroatoms. The molecule has 6 nitrogen and oxygen atoms in total. The normalized spacial score (nSPS) is 11.3. The molecule has 0 radical (unpaired) electrons. The van der Waals surface area contributed by atoms with Crippen molar-refractivity contribution in [2.45, 2.75) is 33.0 Å². The van der Waals surface area contributed by atoms with Gasteiger partial charge in [-0.1, -0.05) is 29.8 Å². The zero-order chi connectivity index (χ0) is 23.8. The van der Waals surface area contributed by atoms with Crippen LogP contribution in [-0.2, 0) is 11.4 Å². The molecule has 0 spiro atoms. The van der Waals surface area contributed by atoms with Gasteiger partial charge in [-0.2, -0.15) is 5.10 Å². The highest BCUT2D eigenvalue weighted by molar-refractivity contribution is 6.30. The average molecular weight is 467 g/mol. The number of ether oxygens (including phenoxy) is 3. The monoisotopic (exact) mass is 466 g/mol. The summed E-state index contributed by atoms with van der Waals surface area (Å²) in [6.45, 7) is 5.67. The van der Waals surface area contributed by atoms with Crippen molar-refractivity contribution in [1.82, 2.24) is 5.43 Å². The number of halogens is 1. The molecule has 3 aromatic carbocycles. The van der Waals surface area contributed by atoms with Crippen molar-refractivity contribution >= 4 is 23.7 Å². The van der Waals surface area contributed by atoms with Crippen LogP contribution in [-0.4, -0.2) is 24.8 Å². The number of benzene rings is 3. The topological polar surface area (TPSA) is 69.2 Å². The molecule has 0 aliphatic heterocycles. The van der Waals surface area contributed by atoms with Crippen LogP contribution in [0, 0.1) is 6.92 Å². The average Bonchev–Trinajstić information content (AvgIpc) is 2.80. The van der Waals surface area contributed by atoms with Crippen molar-refractivity contribution < 1.29 is 19.0 Å². The molecule has 0 fully saturated rings. The molecule has 0 saturated carbocycles. The quantitative estimate of drug-likeness (QED) is 0.332. The van der Waals surface area contributed by atoms with Gasteiger partial charge in [0.25, 0.3) is 5.91 Å². The van der Waals surface area contributed by atoms with Crippen molar-refractivity contribution in [3.05, 3.63) is 88.4 Å². The summed E-state index contributed by atoms with van der Waals surface area (Å²) in [6, 6.07) is 20.2. The number of hydrogen-bond acceptors (Lipinski definition) is 5. The van der Waals surface area contributed by atoms with E-state index in [1.807, 2.05) is 49.4 Å². The highest BCUT2D eigenvalue weighted by Crippen LogP contribution is 2.24. The number of nitrogens with zero attached hydrogens (tertiary/aromatic N) is 1. The largest absolute Gasteiger partial charge is 0.496 e. The van der Waals surface area contributed by atoms with Crippen LogP contribution in [0.25, 0.3) is 0 Å². The minimum atomic E-state index is -1.13. The fourth-order valence-corrected chi connectivity index (χ4v) is 3.14. The summed E-state index contributed by atoms with van der Waals surface area (Å²) in [5, 5.41) is 4.68. The second kappa shape index (κ2) is 10.9. The summed E-state index contributed by atoms with van der Waals surface area (Å²) in [5.74, 6) is 1.68. The number of carbonyl (C=O) groups excluding carboxylic acids is 1. The maximum Gasteiger partial charge on any atom is 0.283 e. The summed E-state index contributed by atoms with van der Waals surface area (Å²) < 4.78 is 17.2. The number of rotatable bonds is 9. The Morgan fingerprint density at radius 2 is 1.79 bits per heavy atom. The molecule has 0 saturated heterocycles. The van der Waals surface area contributed by atoms with Gasteiger partial charge >= 0.3 is 0 Å². The molecule has 3 rings (SSSR count). The molecule has 0 aromatic heterocycles. The first kappa shape index (κ1) is 24.1. The number of para-hydroxylation sites is 1. The molecule has 0 aliphatic carbocycles. The van der Waals surface area contributed by atoms with E-state index in [0.717, 1.165) is 22.4 Å². The maximum absolute atomic E-state index is 12.6. The Kier molecular flexibility index (Phi) is 7.96. The third kappa shape index (κ3) is 6.73. The van der Waals surface area contributed by atoms with Gasteiger partial charge in [0.15, 0.2) is 5.60 Å². The van der Waals surface area contributed by atoms with Crippen molar-refractivity contribution in [2.75, 3.05) is 7.11 Å². The molecule has 1 amide bonds. The summed E-state index contributed by atoms with van der Waals surface area (Å²) >= 11 is 5.89. The smallest absolute Gasteiger partial charge is 0.283 e. The number of amides is 1. The molecular weight excluding hydrogens is 440 g/mol. The first-order valence-electron chi connectivity index (χ1n) is 10.4. The Bertz CT molecular complexity index is 1130. The summed E-state index contributed by atoms with van der Waals surface area (Å²) in [6.07, 6.45) is 1.56. The summed E-state index contributed by atoms with van der Waals surface area (Å²) in [5.41, 5.74) is 4.11. The van der Waals surface area contributed by atoms with Crippen molar-refractivity contribution in [3.8, 4) is 17.2 Å². The minimum absolute atomic E-state index is 0.337. The second-order valence-corrected chi connectivity index (χ2v) is 8.33. The predicted octanol–water partition coefficient (Wildman–Crippen LogP) is 5.54. The van der Waals surface area contributed by atoms with Gasteiger partial charge in [-0.3, -0.25) is 4.79 Å². The zero-order valence-electron chi connectivity index (χ0n) is 19.1. The standard InChI is InChI=1S/C26H27ClN2O4/c1-18-7-5-6-8-23(18)32-17-20-15-19(9-14-24(20)31-4)16-28-29-25(30)26(2,3)33-22-12-10-21(27)11-13-22/h5-16H,17H2,1-4H3,(H,29,30)/b28-16-. The second-order valence-electron chi connectivity index (χ2n) is 7.89. The highest BCUT2D eigenvalue weighted by atomic mass is 35.5. The molecule has 3 aromatic rings. The van der Waals surface area contributed by atoms with Crippen LogP contribution in [0.15, 0.2) is 71.8 Å². The van der Waals surface area contributed by atoms with E-state index in [9.17, 15) is 4.79 Å². The number of hydrazone groups is 1. The van der Waals surface area contributed by atoms with Crippen molar-refractivity contribution in [2.24, 2.45) is 5.10 Å². The lowest BCUT2D eigenvalue weighted by Gasteiger charge is -2.24. The van der Waals surface area contributed by atoms with Crippen LogP contribution in [0.5, 0.6) is 17.2 Å². The Morgan fingerprint density at radius 3 is 2.48 bits per heavy atom. The molecular formula is C26H27ClN2O4. The third-order valence-corrected chi connectivity index (χ3v) is 5.15. The van der Waals surface area contributed by atoms with Gasteiger partial charge in [-0.25, -0.2) is 5.43 Å².